The number of halogens is 1. The fraction of sp³-hybridized carbons (Fsp3) is 0.348. The number of hydrogen-bond acceptors (Lipinski definition) is 4. The molecular weight excluding hydrogens is 388 g/mol. The van der Waals surface area contributed by atoms with Crippen LogP contribution in [0.25, 0.3) is 11.1 Å². The number of aromatic nitrogens is 1. The minimum absolute atomic E-state index is 0.0774. The number of nitrogens with zero attached hydrogens (tertiary/aromatic N) is 2. The number of aliphatic hydroxyl groups is 1. The van der Waals surface area contributed by atoms with Gasteiger partial charge >= 0.3 is 0 Å². The van der Waals surface area contributed by atoms with E-state index in [1.165, 1.54) is 0 Å². The van der Waals surface area contributed by atoms with Crippen molar-refractivity contribution in [1.82, 2.24) is 9.47 Å². The summed E-state index contributed by atoms with van der Waals surface area (Å²) >= 11 is 6.07. The van der Waals surface area contributed by atoms with E-state index in [0.29, 0.717) is 22.6 Å². The molecule has 4 heterocycles. The molecule has 1 fully saturated rings. The van der Waals surface area contributed by atoms with Crippen molar-refractivity contribution in [3.63, 3.8) is 0 Å². The second-order valence-electron chi connectivity index (χ2n) is 8.11. The van der Waals surface area contributed by atoms with Crippen LogP contribution in [0.5, 0.6) is 0 Å². The summed E-state index contributed by atoms with van der Waals surface area (Å²) in [5, 5.41) is 9.94. The lowest BCUT2D eigenvalue weighted by Gasteiger charge is -2.43. The van der Waals surface area contributed by atoms with E-state index in [-0.39, 0.29) is 12.2 Å². The molecule has 1 saturated heterocycles. The van der Waals surface area contributed by atoms with E-state index in [9.17, 15) is 9.90 Å². The number of likely N-dealkylation sites (tertiary alicyclic amines) is 1. The highest BCUT2D eigenvalue weighted by Gasteiger charge is 2.36. The average Bonchev–Trinajstić information content (AvgIpc) is 3.17. The van der Waals surface area contributed by atoms with E-state index in [4.69, 9.17) is 16.0 Å². The summed E-state index contributed by atoms with van der Waals surface area (Å²) in [6.45, 7) is 3.23. The third-order valence-corrected chi connectivity index (χ3v) is 6.33. The number of hydrogen-bond donors (Lipinski definition) is 1. The molecule has 2 aliphatic heterocycles. The van der Waals surface area contributed by atoms with E-state index in [1.807, 2.05) is 47.0 Å². The molecule has 1 aromatic carbocycles. The molecule has 5 nitrogen and oxygen atoms in total. The number of furan rings is 1. The minimum Gasteiger partial charge on any atom is -0.462 e. The lowest BCUT2D eigenvalue weighted by molar-refractivity contribution is 0.107. The minimum atomic E-state index is -0.0774. The second-order valence-corrected chi connectivity index (χ2v) is 8.54. The predicted octanol–water partition coefficient (Wildman–Crippen LogP) is 3.87. The SMILES string of the molecule is O=c1ccc(-c2ccc(Cl)cc2)c2n1CC1CC2CN(Cc2ccc(CO)o2)C1. The van der Waals surface area contributed by atoms with Crippen molar-refractivity contribution >= 4 is 11.6 Å². The zero-order valence-corrected chi connectivity index (χ0v) is 16.8. The van der Waals surface area contributed by atoms with Crippen LogP contribution in [-0.4, -0.2) is 27.7 Å². The van der Waals surface area contributed by atoms with E-state index >= 15 is 0 Å². The van der Waals surface area contributed by atoms with Gasteiger partial charge < -0.3 is 14.1 Å². The molecule has 6 heteroatoms. The highest BCUT2D eigenvalue weighted by Crippen LogP contribution is 2.40. The number of aliphatic hydroxyl groups excluding tert-OH is 1. The van der Waals surface area contributed by atoms with Gasteiger partial charge in [-0.1, -0.05) is 23.7 Å². The summed E-state index contributed by atoms with van der Waals surface area (Å²) in [6.07, 6.45) is 1.10. The molecule has 1 N–H and O–H groups in total. The molecule has 0 spiro atoms. The largest absolute Gasteiger partial charge is 0.462 e. The van der Waals surface area contributed by atoms with E-state index in [0.717, 1.165) is 55.2 Å². The first-order valence-electron chi connectivity index (χ1n) is 10.0. The van der Waals surface area contributed by atoms with Gasteiger partial charge in [0.1, 0.15) is 18.1 Å². The van der Waals surface area contributed by atoms with Gasteiger partial charge in [0, 0.05) is 47.9 Å². The van der Waals surface area contributed by atoms with Gasteiger partial charge in [-0.25, -0.2) is 0 Å². The summed E-state index contributed by atoms with van der Waals surface area (Å²) in [5.74, 6) is 2.22. The fourth-order valence-corrected chi connectivity index (χ4v) is 5.06. The van der Waals surface area contributed by atoms with Gasteiger partial charge in [-0.15, -0.1) is 0 Å². The lowest BCUT2D eigenvalue weighted by Crippen LogP contribution is -2.46. The zero-order valence-electron chi connectivity index (χ0n) is 16.1. The second kappa shape index (κ2) is 7.48. The van der Waals surface area contributed by atoms with Crippen LogP contribution in [0.15, 0.2) is 57.7 Å². The maximum absolute atomic E-state index is 12.6. The average molecular weight is 411 g/mol. The van der Waals surface area contributed by atoms with Crippen LogP contribution in [0.3, 0.4) is 0 Å². The number of piperidine rings is 1. The molecule has 5 rings (SSSR count). The highest BCUT2D eigenvalue weighted by atomic mass is 35.5. The summed E-state index contributed by atoms with van der Waals surface area (Å²) in [7, 11) is 0. The number of rotatable bonds is 4. The molecule has 150 valence electrons. The van der Waals surface area contributed by atoms with Crippen LogP contribution < -0.4 is 5.56 Å². The van der Waals surface area contributed by atoms with Crippen LogP contribution in [0, 0.1) is 5.92 Å². The topological polar surface area (TPSA) is 58.6 Å². The molecule has 0 saturated carbocycles. The Morgan fingerprint density at radius 3 is 2.55 bits per heavy atom. The molecule has 29 heavy (non-hydrogen) atoms. The molecule has 2 atom stereocenters. The Labute approximate surface area is 174 Å². The van der Waals surface area contributed by atoms with E-state index in [1.54, 1.807) is 6.07 Å². The normalized spacial score (nSPS) is 21.2. The third-order valence-electron chi connectivity index (χ3n) is 6.07. The van der Waals surface area contributed by atoms with E-state index < -0.39 is 0 Å². The van der Waals surface area contributed by atoms with Crippen molar-refractivity contribution in [2.45, 2.75) is 32.0 Å². The maximum atomic E-state index is 12.6. The first-order valence-corrected chi connectivity index (χ1v) is 10.4. The first-order chi connectivity index (χ1) is 14.1. The van der Waals surface area contributed by atoms with Gasteiger partial charge in [0.25, 0.3) is 5.56 Å². The van der Waals surface area contributed by atoms with Gasteiger partial charge in [0.05, 0.1) is 6.54 Å². The van der Waals surface area contributed by atoms with Gasteiger partial charge in [0.15, 0.2) is 0 Å². The van der Waals surface area contributed by atoms with E-state index in [2.05, 4.69) is 4.90 Å². The molecule has 2 aliphatic rings. The van der Waals surface area contributed by atoms with Crippen LogP contribution in [0.2, 0.25) is 5.02 Å². The molecule has 0 radical (unpaired) electrons. The first kappa shape index (κ1) is 18.7. The summed E-state index contributed by atoms with van der Waals surface area (Å²) in [6, 6.07) is 15.2. The van der Waals surface area contributed by atoms with Gasteiger partial charge in [-0.05, 0) is 48.2 Å². The highest BCUT2D eigenvalue weighted by molar-refractivity contribution is 6.30. The Kier molecular flexibility index (Phi) is 4.82. The van der Waals surface area contributed by atoms with Crippen molar-refractivity contribution in [3.05, 3.63) is 81.1 Å². The zero-order chi connectivity index (χ0) is 20.0. The van der Waals surface area contributed by atoms with Crippen molar-refractivity contribution in [1.29, 1.82) is 0 Å². The summed E-state index contributed by atoms with van der Waals surface area (Å²) < 4.78 is 7.67. The molecule has 0 aliphatic carbocycles. The molecule has 0 amide bonds. The fourth-order valence-electron chi connectivity index (χ4n) is 4.93. The standard InChI is InChI=1S/C23H23ClN2O3/c24-18-3-1-16(2-4-18)21-7-8-22(28)26-11-15-9-17(23(21)26)12-25(10-15)13-19-5-6-20(14-27)29-19/h1-8,15,17,27H,9-14H2. The monoisotopic (exact) mass is 410 g/mol. The van der Waals surface area contributed by atoms with Crippen LogP contribution in [0.1, 0.15) is 29.6 Å². The Hall–Kier alpha value is -2.34. The quantitative estimate of drug-likeness (QED) is 0.709. The molecule has 3 aromatic rings. The third kappa shape index (κ3) is 3.54. The van der Waals surface area contributed by atoms with Crippen molar-refractivity contribution in [2.75, 3.05) is 13.1 Å². The number of fused-ring (bicyclic) bond motifs is 4. The lowest BCUT2D eigenvalue weighted by atomic mass is 9.80. The molecule has 2 unspecified atom stereocenters. The molecular formula is C23H23ClN2O3. The van der Waals surface area contributed by atoms with Crippen molar-refractivity contribution in [2.24, 2.45) is 5.92 Å². The van der Waals surface area contributed by atoms with Crippen LogP contribution >= 0.6 is 11.6 Å². The maximum Gasteiger partial charge on any atom is 0.250 e. The number of benzene rings is 1. The Bertz CT molecular complexity index is 1090. The summed E-state index contributed by atoms with van der Waals surface area (Å²) in [5.41, 5.74) is 3.43. The van der Waals surface area contributed by atoms with Gasteiger partial charge in [-0.3, -0.25) is 9.69 Å². The molecule has 2 aromatic heterocycles. The Morgan fingerprint density at radius 1 is 1.00 bits per heavy atom. The Morgan fingerprint density at radius 2 is 1.79 bits per heavy atom. The van der Waals surface area contributed by atoms with Crippen molar-refractivity contribution < 1.29 is 9.52 Å². The van der Waals surface area contributed by atoms with Crippen molar-refractivity contribution in [3.8, 4) is 11.1 Å². The predicted molar refractivity (Wildman–Crippen MR) is 112 cm³/mol. The van der Waals surface area contributed by atoms with Crippen LogP contribution in [0.4, 0.5) is 0 Å². The Balaban J connectivity index is 1.48. The van der Waals surface area contributed by atoms with Gasteiger partial charge in [-0.2, -0.15) is 0 Å². The van der Waals surface area contributed by atoms with Crippen LogP contribution in [-0.2, 0) is 19.7 Å². The molecule has 2 bridgehead atoms. The number of pyridine rings is 1. The smallest absolute Gasteiger partial charge is 0.250 e. The van der Waals surface area contributed by atoms with Gasteiger partial charge in [0.2, 0.25) is 0 Å². The summed E-state index contributed by atoms with van der Waals surface area (Å²) in [4.78, 5) is 15.0.